The minimum Gasteiger partial charge on any atom is -0.403 e. The molecule has 0 aliphatic heterocycles. The summed E-state index contributed by atoms with van der Waals surface area (Å²) in [4.78, 5) is 12.6. The summed E-state index contributed by atoms with van der Waals surface area (Å²) < 4.78 is 39.0. The average Bonchev–Trinajstić information content (AvgIpc) is 2.67. The van der Waals surface area contributed by atoms with E-state index in [0.717, 1.165) is 6.92 Å². The first-order valence-electron chi connectivity index (χ1n) is 8.86. The highest BCUT2D eigenvalue weighted by atomic mass is 19.4. The number of aromatic nitrogens is 3. The number of pyridine rings is 3. The van der Waals surface area contributed by atoms with Crippen molar-refractivity contribution in [2.75, 3.05) is 18.1 Å². The monoisotopic (exact) mass is 418 g/mol. The van der Waals surface area contributed by atoms with Gasteiger partial charge >= 0.3 is 6.18 Å². The predicted molar refractivity (Wildman–Crippen MR) is 110 cm³/mol. The van der Waals surface area contributed by atoms with Crippen molar-refractivity contribution in [3.8, 4) is 0 Å². The molecule has 0 saturated carbocycles. The SMILES string of the molecule is CC(c1ccnc(Nc2cc3cc(/C(=C/N)N(C)N)nc(N)c3cn2)c1)C(F)(F)F. The van der Waals surface area contributed by atoms with Crippen molar-refractivity contribution in [2.45, 2.75) is 19.0 Å². The molecule has 0 radical (unpaired) electrons. The van der Waals surface area contributed by atoms with E-state index < -0.39 is 12.1 Å². The Morgan fingerprint density at radius 3 is 2.53 bits per heavy atom. The lowest BCUT2D eigenvalue weighted by atomic mass is 10.0. The smallest absolute Gasteiger partial charge is 0.395 e. The number of anilines is 3. The topological polar surface area (TPSA) is 132 Å². The van der Waals surface area contributed by atoms with Crippen molar-refractivity contribution in [3.05, 3.63) is 54.1 Å². The van der Waals surface area contributed by atoms with Crippen molar-refractivity contribution < 1.29 is 13.2 Å². The van der Waals surface area contributed by atoms with Gasteiger partial charge in [-0.1, -0.05) is 0 Å². The van der Waals surface area contributed by atoms with Crippen LogP contribution in [0, 0.1) is 0 Å². The van der Waals surface area contributed by atoms with Gasteiger partial charge in [-0.3, -0.25) is 0 Å². The third-order valence-corrected chi connectivity index (χ3v) is 4.58. The molecule has 0 fully saturated rings. The van der Waals surface area contributed by atoms with Gasteiger partial charge in [0.1, 0.15) is 17.5 Å². The number of hydrogen-bond acceptors (Lipinski definition) is 8. The van der Waals surface area contributed by atoms with E-state index in [1.807, 2.05) is 0 Å². The van der Waals surface area contributed by atoms with Crippen LogP contribution in [-0.2, 0) is 0 Å². The zero-order valence-corrected chi connectivity index (χ0v) is 16.3. The van der Waals surface area contributed by atoms with Crippen molar-refractivity contribution in [1.29, 1.82) is 0 Å². The Labute approximate surface area is 170 Å². The zero-order valence-electron chi connectivity index (χ0n) is 16.3. The number of nitrogens with two attached hydrogens (primary N) is 3. The van der Waals surface area contributed by atoms with E-state index in [9.17, 15) is 13.2 Å². The van der Waals surface area contributed by atoms with Crippen LogP contribution >= 0.6 is 0 Å². The summed E-state index contributed by atoms with van der Waals surface area (Å²) in [6.07, 6.45) is -0.198. The molecule has 3 aromatic heterocycles. The van der Waals surface area contributed by atoms with E-state index >= 15 is 0 Å². The molecule has 0 amide bonds. The fraction of sp³-hybridized carbons (Fsp3) is 0.211. The molecule has 30 heavy (non-hydrogen) atoms. The summed E-state index contributed by atoms with van der Waals surface area (Å²) >= 11 is 0. The Hall–Kier alpha value is -3.60. The first-order valence-corrected chi connectivity index (χ1v) is 8.86. The summed E-state index contributed by atoms with van der Waals surface area (Å²) in [6, 6.07) is 6.09. The van der Waals surface area contributed by atoms with Crippen LogP contribution < -0.4 is 22.6 Å². The number of hydrazine groups is 1. The van der Waals surface area contributed by atoms with Crippen LogP contribution in [0.2, 0.25) is 0 Å². The van der Waals surface area contributed by atoms with Gasteiger partial charge in [0, 0.05) is 31.0 Å². The number of alkyl halides is 3. The quantitative estimate of drug-likeness (QED) is 0.367. The highest BCUT2D eigenvalue weighted by Gasteiger charge is 2.37. The molecule has 0 aliphatic carbocycles. The fourth-order valence-corrected chi connectivity index (χ4v) is 2.86. The summed E-state index contributed by atoms with van der Waals surface area (Å²) in [5.41, 5.74) is 12.7. The van der Waals surface area contributed by atoms with E-state index in [2.05, 4.69) is 20.3 Å². The minimum absolute atomic E-state index is 0.0974. The van der Waals surface area contributed by atoms with Gasteiger partial charge in [-0.15, -0.1) is 0 Å². The molecule has 11 heteroatoms. The number of nitrogens with one attached hydrogen (secondary N) is 1. The second kappa shape index (κ2) is 8.03. The average molecular weight is 418 g/mol. The van der Waals surface area contributed by atoms with Crippen LogP contribution in [0.25, 0.3) is 16.5 Å². The number of nitrogen functional groups attached to an aromatic ring is 1. The highest BCUT2D eigenvalue weighted by molar-refractivity contribution is 5.93. The van der Waals surface area contributed by atoms with Crippen molar-refractivity contribution >= 4 is 33.9 Å². The molecule has 0 aromatic carbocycles. The number of nitrogens with zero attached hydrogens (tertiary/aromatic N) is 4. The normalized spacial score (nSPS) is 13.3. The second-order valence-corrected chi connectivity index (χ2v) is 6.71. The first kappa shape index (κ1) is 21.1. The number of fused-ring (bicyclic) bond motifs is 1. The van der Waals surface area contributed by atoms with Gasteiger partial charge in [0.05, 0.1) is 17.3 Å². The Morgan fingerprint density at radius 1 is 1.20 bits per heavy atom. The lowest BCUT2D eigenvalue weighted by molar-refractivity contribution is -0.146. The van der Waals surface area contributed by atoms with E-state index in [-0.39, 0.29) is 17.2 Å². The molecule has 3 aromatic rings. The number of hydrogen-bond donors (Lipinski definition) is 4. The maximum absolute atomic E-state index is 13.0. The van der Waals surface area contributed by atoms with Gasteiger partial charge in [0.15, 0.2) is 0 Å². The van der Waals surface area contributed by atoms with Crippen molar-refractivity contribution in [2.24, 2.45) is 11.6 Å². The van der Waals surface area contributed by atoms with Crippen molar-refractivity contribution in [1.82, 2.24) is 20.0 Å². The van der Waals surface area contributed by atoms with Crippen LogP contribution in [0.15, 0.2) is 42.9 Å². The van der Waals surface area contributed by atoms with E-state index in [0.29, 0.717) is 28.0 Å². The number of rotatable bonds is 5. The lowest BCUT2D eigenvalue weighted by Crippen LogP contribution is -2.25. The molecule has 0 aliphatic rings. The molecule has 8 nitrogen and oxygen atoms in total. The molecule has 158 valence electrons. The van der Waals surface area contributed by atoms with Crippen molar-refractivity contribution in [3.63, 3.8) is 0 Å². The summed E-state index contributed by atoms with van der Waals surface area (Å²) in [6.45, 7) is 1.10. The minimum atomic E-state index is -4.34. The van der Waals surface area contributed by atoms with E-state index in [1.54, 1.807) is 19.2 Å². The zero-order chi connectivity index (χ0) is 22.1. The van der Waals surface area contributed by atoms with E-state index in [1.165, 1.54) is 35.7 Å². The Balaban J connectivity index is 1.96. The molecule has 3 heterocycles. The molecule has 0 spiro atoms. The maximum Gasteiger partial charge on any atom is 0.395 e. The predicted octanol–water partition coefficient (Wildman–Crippen LogP) is 3.08. The molecule has 0 bridgehead atoms. The third kappa shape index (κ3) is 4.35. The van der Waals surface area contributed by atoms with Gasteiger partial charge in [0.2, 0.25) is 0 Å². The Kier molecular flexibility index (Phi) is 5.65. The van der Waals surface area contributed by atoms with Gasteiger partial charge in [-0.2, -0.15) is 13.2 Å². The molecule has 1 atom stereocenters. The lowest BCUT2D eigenvalue weighted by Gasteiger charge is -2.17. The maximum atomic E-state index is 13.0. The molecule has 7 N–H and O–H groups in total. The van der Waals surface area contributed by atoms with Gasteiger partial charge < -0.3 is 21.8 Å². The van der Waals surface area contributed by atoms with Crippen LogP contribution in [0.3, 0.4) is 0 Å². The Morgan fingerprint density at radius 2 is 1.90 bits per heavy atom. The van der Waals surface area contributed by atoms with Crippen LogP contribution in [0.1, 0.15) is 24.1 Å². The molecule has 0 saturated heterocycles. The highest BCUT2D eigenvalue weighted by Crippen LogP contribution is 2.35. The Bertz CT molecular complexity index is 1090. The summed E-state index contributed by atoms with van der Waals surface area (Å²) in [5.74, 6) is 5.00. The number of halogens is 3. The molecule has 1 unspecified atom stereocenters. The summed E-state index contributed by atoms with van der Waals surface area (Å²) in [5, 5.41) is 5.53. The van der Waals surface area contributed by atoms with Gasteiger partial charge in [0.25, 0.3) is 0 Å². The second-order valence-electron chi connectivity index (χ2n) is 6.71. The van der Waals surface area contributed by atoms with Crippen LogP contribution in [0.5, 0.6) is 0 Å². The van der Waals surface area contributed by atoms with Crippen LogP contribution in [-0.4, -0.2) is 33.2 Å². The third-order valence-electron chi connectivity index (χ3n) is 4.58. The van der Waals surface area contributed by atoms with Gasteiger partial charge in [-0.25, -0.2) is 20.8 Å². The van der Waals surface area contributed by atoms with Crippen LogP contribution in [0.4, 0.5) is 30.6 Å². The summed E-state index contributed by atoms with van der Waals surface area (Å²) in [7, 11) is 1.61. The van der Waals surface area contributed by atoms with E-state index in [4.69, 9.17) is 17.3 Å². The molecular formula is C19H21F3N8. The fourth-order valence-electron chi connectivity index (χ4n) is 2.86. The molecule has 3 rings (SSSR count). The first-order chi connectivity index (χ1) is 14.1. The standard InChI is InChI=1S/C19H21F3N8/c1-10(19(20,21)22)11-3-4-26-16(6-11)29-17-7-12-5-14(15(8-23)30(2)25)28-18(24)13(12)9-27-17/h3-10H,23,25H2,1-2H3,(H2,24,28)(H,26,27,29)/b15-8-. The largest absolute Gasteiger partial charge is 0.403 e. The molecular weight excluding hydrogens is 397 g/mol. The van der Waals surface area contributed by atoms with Gasteiger partial charge in [-0.05, 0) is 42.1 Å².